The van der Waals surface area contributed by atoms with Crippen molar-refractivity contribution in [2.75, 3.05) is 29.0 Å². The number of benzene rings is 1. The Morgan fingerprint density at radius 1 is 1.36 bits per heavy atom. The van der Waals surface area contributed by atoms with Crippen LogP contribution < -0.4 is 21.7 Å². The number of nitrogens with one attached hydrogen (secondary N) is 1. The number of nitrogens with zero attached hydrogens (tertiary/aromatic N) is 2. The number of rotatable bonds is 6. The van der Waals surface area contributed by atoms with Crippen molar-refractivity contribution >= 4 is 39.7 Å². The molecule has 3 rings (SSSR count). The normalized spacial score (nSPS) is 17.0. The Morgan fingerprint density at radius 3 is 2.80 bits per heavy atom. The minimum Gasteiger partial charge on any atom is -0.382 e. The molecule has 0 bridgehead atoms. The van der Waals surface area contributed by atoms with Crippen molar-refractivity contribution in [3.05, 3.63) is 23.2 Å². The molecule has 0 saturated carbocycles. The van der Waals surface area contributed by atoms with E-state index in [2.05, 4.69) is 36.0 Å². The van der Waals surface area contributed by atoms with Crippen LogP contribution in [0.2, 0.25) is 5.02 Å². The van der Waals surface area contributed by atoms with Gasteiger partial charge in [0.1, 0.15) is 11.5 Å². The minimum atomic E-state index is 0.00450. The fraction of sp³-hybridized carbons (Fsp3) is 0.526. The summed E-state index contributed by atoms with van der Waals surface area (Å²) in [6, 6.07) is 5.82. The average molecular weight is 362 g/mol. The number of halogens is 1. The Kier molecular flexibility index (Phi) is 4.98. The Hall–Kier alpha value is -1.72. The molecule has 0 fully saturated rings. The van der Waals surface area contributed by atoms with Gasteiger partial charge in [0.25, 0.3) is 0 Å². The Balaban J connectivity index is 2.12. The van der Waals surface area contributed by atoms with Crippen LogP contribution in [0.5, 0.6) is 0 Å². The van der Waals surface area contributed by atoms with Crippen LogP contribution >= 0.6 is 11.6 Å². The van der Waals surface area contributed by atoms with E-state index in [1.54, 1.807) is 0 Å². The summed E-state index contributed by atoms with van der Waals surface area (Å²) in [5, 5.41) is 5.35. The standard InChI is InChI=1S/C19H28ClN5/c1-4-5-6-15-24-16-17(25(15)11-19(2,3)10-21)13-8-7-12(20)9-14(13)23-18(16)22/h7-9,15,24H,4-6,10-11,21H2,1-3H3,(H2,22,23). The third-order valence-electron chi connectivity index (χ3n) is 4.91. The lowest BCUT2D eigenvalue weighted by Gasteiger charge is -2.35. The van der Waals surface area contributed by atoms with Gasteiger partial charge >= 0.3 is 0 Å². The first-order valence-electron chi connectivity index (χ1n) is 8.98. The minimum absolute atomic E-state index is 0.00450. The third kappa shape index (κ3) is 3.48. The number of pyridine rings is 1. The lowest BCUT2D eigenvalue weighted by atomic mass is 9.92. The van der Waals surface area contributed by atoms with Crippen molar-refractivity contribution in [3.63, 3.8) is 0 Å². The lowest BCUT2D eigenvalue weighted by Crippen LogP contribution is -2.44. The van der Waals surface area contributed by atoms with Crippen LogP contribution in [0.3, 0.4) is 0 Å². The maximum atomic E-state index is 6.27. The number of aromatic nitrogens is 1. The molecule has 5 nitrogen and oxygen atoms in total. The van der Waals surface area contributed by atoms with E-state index < -0.39 is 0 Å². The van der Waals surface area contributed by atoms with Gasteiger partial charge in [0.2, 0.25) is 0 Å². The summed E-state index contributed by atoms with van der Waals surface area (Å²) in [7, 11) is 0. The van der Waals surface area contributed by atoms with Gasteiger partial charge in [-0.05, 0) is 43.0 Å². The van der Waals surface area contributed by atoms with Crippen molar-refractivity contribution in [2.24, 2.45) is 11.1 Å². The summed E-state index contributed by atoms with van der Waals surface area (Å²) in [6.45, 7) is 8.10. The predicted octanol–water partition coefficient (Wildman–Crippen LogP) is 4.20. The van der Waals surface area contributed by atoms with Gasteiger partial charge in [0, 0.05) is 17.0 Å². The predicted molar refractivity (Wildman–Crippen MR) is 108 cm³/mol. The van der Waals surface area contributed by atoms with Crippen molar-refractivity contribution in [1.82, 2.24) is 4.98 Å². The van der Waals surface area contributed by atoms with E-state index in [0.717, 1.165) is 48.1 Å². The van der Waals surface area contributed by atoms with Crippen molar-refractivity contribution < 1.29 is 0 Å². The molecule has 0 radical (unpaired) electrons. The van der Waals surface area contributed by atoms with E-state index in [-0.39, 0.29) is 11.6 Å². The maximum absolute atomic E-state index is 6.27. The highest BCUT2D eigenvalue weighted by molar-refractivity contribution is 6.31. The van der Waals surface area contributed by atoms with Crippen LogP contribution in [-0.2, 0) is 0 Å². The SMILES string of the molecule is CCCCC1Nc2c(N)nc3cc(Cl)ccc3c2N1CC(C)(C)CN. The fourth-order valence-electron chi connectivity index (χ4n) is 3.42. The van der Waals surface area contributed by atoms with Gasteiger partial charge in [-0.1, -0.05) is 38.8 Å². The molecule has 0 amide bonds. The number of nitrogens with two attached hydrogens (primary N) is 2. The first-order valence-corrected chi connectivity index (χ1v) is 9.36. The van der Waals surface area contributed by atoms with E-state index in [1.807, 2.05) is 18.2 Å². The number of unbranched alkanes of at least 4 members (excludes halogenated alkanes) is 1. The number of nitrogen functional groups attached to an aromatic ring is 1. The van der Waals surface area contributed by atoms with Gasteiger partial charge in [-0.2, -0.15) is 0 Å². The molecule has 1 aromatic carbocycles. The topological polar surface area (TPSA) is 80.2 Å². The highest BCUT2D eigenvalue weighted by Gasteiger charge is 2.35. The molecule has 25 heavy (non-hydrogen) atoms. The highest BCUT2D eigenvalue weighted by Crippen LogP contribution is 2.45. The van der Waals surface area contributed by atoms with Crippen LogP contribution in [0, 0.1) is 5.41 Å². The second-order valence-electron chi connectivity index (χ2n) is 7.68. The second kappa shape index (κ2) is 6.89. The molecule has 0 saturated heterocycles. The van der Waals surface area contributed by atoms with E-state index in [9.17, 15) is 0 Å². The second-order valence-corrected chi connectivity index (χ2v) is 8.12. The molecule has 0 aliphatic carbocycles. The largest absolute Gasteiger partial charge is 0.382 e. The molecular formula is C19H28ClN5. The quantitative estimate of drug-likeness (QED) is 0.718. The maximum Gasteiger partial charge on any atom is 0.149 e. The van der Waals surface area contributed by atoms with Crippen LogP contribution in [0.1, 0.15) is 40.0 Å². The Morgan fingerprint density at radius 2 is 2.12 bits per heavy atom. The molecule has 1 aromatic heterocycles. The van der Waals surface area contributed by atoms with Gasteiger partial charge in [-0.15, -0.1) is 0 Å². The van der Waals surface area contributed by atoms with Crippen molar-refractivity contribution in [3.8, 4) is 0 Å². The molecule has 5 N–H and O–H groups in total. The smallest absolute Gasteiger partial charge is 0.149 e. The molecule has 6 heteroatoms. The molecule has 1 aliphatic heterocycles. The first kappa shape index (κ1) is 18.1. The molecule has 0 spiro atoms. The van der Waals surface area contributed by atoms with Gasteiger partial charge < -0.3 is 21.7 Å². The van der Waals surface area contributed by atoms with E-state index in [1.165, 1.54) is 0 Å². The van der Waals surface area contributed by atoms with Gasteiger partial charge in [0.15, 0.2) is 0 Å². The van der Waals surface area contributed by atoms with Crippen molar-refractivity contribution in [2.45, 2.75) is 46.2 Å². The Labute approximate surface area is 154 Å². The Bertz CT molecular complexity index is 774. The summed E-state index contributed by atoms with van der Waals surface area (Å²) in [5.74, 6) is 0.527. The van der Waals surface area contributed by atoms with E-state index in [0.29, 0.717) is 17.4 Å². The van der Waals surface area contributed by atoms with E-state index in [4.69, 9.17) is 23.1 Å². The molecule has 1 atom stereocenters. The molecule has 136 valence electrons. The molecule has 2 heterocycles. The zero-order chi connectivity index (χ0) is 18.2. The third-order valence-corrected chi connectivity index (χ3v) is 5.14. The monoisotopic (exact) mass is 361 g/mol. The molecule has 1 aliphatic rings. The average Bonchev–Trinajstić information content (AvgIpc) is 2.91. The number of hydrogen-bond donors (Lipinski definition) is 3. The summed E-state index contributed by atoms with van der Waals surface area (Å²) in [4.78, 5) is 6.98. The molecular weight excluding hydrogens is 334 g/mol. The summed E-state index contributed by atoms with van der Waals surface area (Å²) < 4.78 is 0. The summed E-state index contributed by atoms with van der Waals surface area (Å²) in [5.41, 5.74) is 15.2. The zero-order valence-corrected chi connectivity index (χ0v) is 16.0. The number of hydrogen-bond acceptors (Lipinski definition) is 5. The summed E-state index contributed by atoms with van der Waals surface area (Å²) in [6.07, 6.45) is 3.58. The first-order chi connectivity index (χ1) is 11.9. The van der Waals surface area contributed by atoms with Crippen LogP contribution in [0.25, 0.3) is 10.9 Å². The van der Waals surface area contributed by atoms with Gasteiger partial charge in [0.05, 0.1) is 17.4 Å². The molecule has 2 aromatic rings. The number of anilines is 3. The highest BCUT2D eigenvalue weighted by atomic mass is 35.5. The van der Waals surface area contributed by atoms with E-state index >= 15 is 0 Å². The van der Waals surface area contributed by atoms with Gasteiger partial charge in [-0.3, -0.25) is 0 Å². The summed E-state index contributed by atoms with van der Waals surface area (Å²) >= 11 is 6.16. The fourth-order valence-corrected chi connectivity index (χ4v) is 3.59. The van der Waals surface area contributed by atoms with Gasteiger partial charge in [-0.25, -0.2) is 4.98 Å². The number of fused-ring (bicyclic) bond motifs is 3. The lowest BCUT2D eigenvalue weighted by molar-refractivity contribution is 0.366. The van der Waals surface area contributed by atoms with Crippen LogP contribution in [0.15, 0.2) is 18.2 Å². The zero-order valence-electron chi connectivity index (χ0n) is 15.3. The van der Waals surface area contributed by atoms with Crippen LogP contribution in [-0.4, -0.2) is 24.2 Å². The molecule has 1 unspecified atom stereocenters. The van der Waals surface area contributed by atoms with Crippen molar-refractivity contribution in [1.29, 1.82) is 0 Å². The van der Waals surface area contributed by atoms with Crippen LogP contribution in [0.4, 0.5) is 17.2 Å².